The fraction of sp³-hybridized carbons (Fsp3) is 0.227. The maximum absolute atomic E-state index is 12.9. The molecular formula is C22H20N4O3S2. The molecular weight excluding hydrogens is 432 g/mol. The number of hydrogen-bond acceptors (Lipinski definition) is 8. The van der Waals surface area contributed by atoms with E-state index >= 15 is 0 Å². The Kier molecular flexibility index (Phi) is 5.39. The summed E-state index contributed by atoms with van der Waals surface area (Å²) in [5.41, 5.74) is 2.74. The lowest BCUT2D eigenvalue weighted by Gasteiger charge is -2.22. The predicted molar refractivity (Wildman–Crippen MR) is 119 cm³/mol. The summed E-state index contributed by atoms with van der Waals surface area (Å²) in [6.45, 7) is 1.38. The Morgan fingerprint density at radius 3 is 2.65 bits per heavy atom. The maximum atomic E-state index is 12.9. The average molecular weight is 453 g/mol. The van der Waals surface area contributed by atoms with Gasteiger partial charge in [0.2, 0.25) is 0 Å². The molecule has 1 atom stereocenters. The highest BCUT2D eigenvalue weighted by atomic mass is 32.2. The Balaban J connectivity index is 1.40. The molecule has 0 aliphatic carbocycles. The van der Waals surface area contributed by atoms with Crippen LogP contribution in [0.4, 0.5) is 0 Å². The summed E-state index contributed by atoms with van der Waals surface area (Å²) in [5.74, 6) is 0.529. The van der Waals surface area contributed by atoms with E-state index in [4.69, 9.17) is 4.52 Å². The zero-order chi connectivity index (χ0) is 21.3. The summed E-state index contributed by atoms with van der Waals surface area (Å²) < 4.78 is 31.2. The van der Waals surface area contributed by atoms with Crippen molar-refractivity contribution in [2.45, 2.75) is 23.0 Å². The molecule has 0 spiro atoms. The van der Waals surface area contributed by atoms with Crippen LogP contribution < -0.4 is 5.32 Å². The van der Waals surface area contributed by atoms with Crippen LogP contribution in [-0.4, -0.2) is 41.9 Å². The van der Waals surface area contributed by atoms with Crippen molar-refractivity contribution in [2.24, 2.45) is 0 Å². The first-order valence-corrected chi connectivity index (χ1v) is 12.4. The lowest BCUT2D eigenvalue weighted by Crippen LogP contribution is -2.38. The second kappa shape index (κ2) is 8.33. The van der Waals surface area contributed by atoms with E-state index in [-0.39, 0.29) is 5.25 Å². The number of rotatable bonds is 5. The number of benzene rings is 1. The number of nitrogens with zero attached hydrogens (tertiary/aromatic N) is 3. The third-order valence-electron chi connectivity index (χ3n) is 5.34. The largest absolute Gasteiger partial charge is 0.354 e. The molecule has 0 radical (unpaired) electrons. The van der Waals surface area contributed by atoms with Crippen molar-refractivity contribution in [1.82, 2.24) is 20.4 Å². The van der Waals surface area contributed by atoms with E-state index in [1.807, 2.05) is 23.6 Å². The first kappa shape index (κ1) is 20.0. The van der Waals surface area contributed by atoms with E-state index in [0.29, 0.717) is 35.0 Å². The van der Waals surface area contributed by atoms with Gasteiger partial charge < -0.3 is 9.84 Å². The summed E-state index contributed by atoms with van der Waals surface area (Å²) in [6, 6.07) is 12.6. The smallest absolute Gasteiger partial charge is 0.187 e. The molecule has 7 nitrogen and oxygen atoms in total. The van der Waals surface area contributed by atoms with Gasteiger partial charge in [-0.05, 0) is 43.0 Å². The first-order chi connectivity index (χ1) is 15.1. The standard InChI is InChI=1S/C22H20N4O3S2/c27-31(28,17-3-1-9-23-12-17)16-7-5-15(6-8-16)19-13-24-14-20(25-19)21-11-18(26-29-21)22-4-2-10-30-22/h2,4-8,10-11,13-14,17,23H,1,3,9,12H2. The number of hydrogen-bond donors (Lipinski definition) is 1. The van der Waals surface area contributed by atoms with Gasteiger partial charge in [0.15, 0.2) is 15.6 Å². The Hall–Kier alpha value is -2.88. The van der Waals surface area contributed by atoms with Crippen molar-refractivity contribution < 1.29 is 12.9 Å². The second-order valence-electron chi connectivity index (χ2n) is 7.38. The molecule has 4 aromatic rings. The fourth-order valence-electron chi connectivity index (χ4n) is 3.65. The quantitative estimate of drug-likeness (QED) is 0.488. The first-order valence-electron chi connectivity index (χ1n) is 9.99. The monoisotopic (exact) mass is 452 g/mol. The average Bonchev–Trinajstić information content (AvgIpc) is 3.52. The highest BCUT2D eigenvalue weighted by Crippen LogP contribution is 2.29. The van der Waals surface area contributed by atoms with Crippen LogP contribution in [0.3, 0.4) is 0 Å². The molecule has 1 N–H and O–H groups in total. The minimum Gasteiger partial charge on any atom is -0.354 e. The highest BCUT2D eigenvalue weighted by Gasteiger charge is 2.28. The lowest BCUT2D eigenvalue weighted by molar-refractivity contribution is 0.433. The Morgan fingerprint density at radius 1 is 1.06 bits per heavy atom. The van der Waals surface area contributed by atoms with Gasteiger partial charge in [0.1, 0.15) is 11.4 Å². The van der Waals surface area contributed by atoms with Gasteiger partial charge in [-0.2, -0.15) is 0 Å². The van der Waals surface area contributed by atoms with E-state index in [1.54, 1.807) is 48.0 Å². The molecule has 0 bridgehead atoms. The van der Waals surface area contributed by atoms with Crippen LogP contribution in [0.5, 0.6) is 0 Å². The molecule has 158 valence electrons. The van der Waals surface area contributed by atoms with E-state index in [2.05, 4.69) is 20.4 Å². The molecule has 1 aliphatic rings. The van der Waals surface area contributed by atoms with Gasteiger partial charge in [0, 0.05) is 18.2 Å². The zero-order valence-corrected chi connectivity index (χ0v) is 18.2. The summed E-state index contributed by atoms with van der Waals surface area (Å²) in [7, 11) is -3.35. The Bertz CT molecular complexity index is 1280. The maximum Gasteiger partial charge on any atom is 0.187 e. The minimum atomic E-state index is -3.35. The van der Waals surface area contributed by atoms with Crippen molar-refractivity contribution in [3.63, 3.8) is 0 Å². The van der Waals surface area contributed by atoms with Crippen molar-refractivity contribution >= 4 is 21.2 Å². The van der Waals surface area contributed by atoms with Gasteiger partial charge in [-0.3, -0.25) is 4.98 Å². The van der Waals surface area contributed by atoms with E-state index in [9.17, 15) is 8.42 Å². The third-order valence-corrected chi connectivity index (χ3v) is 8.44. The molecule has 0 amide bonds. The normalized spacial score (nSPS) is 17.0. The van der Waals surface area contributed by atoms with Gasteiger partial charge in [-0.25, -0.2) is 13.4 Å². The van der Waals surface area contributed by atoms with Crippen molar-refractivity contribution in [3.05, 3.63) is 60.2 Å². The van der Waals surface area contributed by atoms with Crippen LogP contribution in [0.1, 0.15) is 12.8 Å². The molecule has 1 unspecified atom stereocenters. The summed E-state index contributed by atoms with van der Waals surface area (Å²) in [6.07, 6.45) is 4.83. The van der Waals surface area contributed by atoms with Crippen LogP contribution in [0.25, 0.3) is 33.3 Å². The topological polar surface area (TPSA) is 98.0 Å². The molecule has 1 aliphatic heterocycles. The predicted octanol–water partition coefficient (Wildman–Crippen LogP) is 4.05. The molecule has 1 saturated heterocycles. The van der Waals surface area contributed by atoms with Crippen LogP contribution in [0.2, 0.25) is 0 Å². The van der Waals surface area contributed by atoms with Gasteiger partial charge in [-0.15, -0.1) is 11.3 Å². The van der Waals surface area contributed by atoms with E-state index < -0.39 is 9.84 Å². The number of nitrogens with one attached hydrogen (secondary N) is 1. The summed E-state index contributed by atoms with van der Waals surface area (Å²) in [5, 5.41) is 8.89. The highest BCUT2D eigenvalue weighted by molar-refractivity contribution is 7.92. The van der Waals surface area contributed by atoms with Crippen LogP contribution in [0, 0.1) is 0 Å². The summed E-state index contributed by atoms with van der Waals surface area (Å²) >= 11 is 1.59. The van der Waals surface area contributed by atoms with Crippen molar-refractivity contribution in [3.8, 4) is 33.3 Å². The number of thiophene rings is 1. The third kappa shape index (κ3) is 4.04. The molecule has 9 heteroatoms. The fourth-order valence-corrected chi connectivity index (χ4v) is 6.05. The van der Waals surface area contributed by atoms with Crippen molar-refractivity contribution in [2.75, 3.05) is 13.1 Å². The SMILES string of the molecule is O=S(=O)(c1ccc(-c2cncc(-c3cc(-c4cccs4)no3)n2)cc1)C1CCCNC1. The molecule has 1 fully saturated rings. The number of sulfone groups is 1. The van der Waals surface area contributed by atoms with E-state index in [1.165, 1.54) is 0 Å². The molecule has 4 heterocycles. The van der Waals surface area contributed by atoms with Gasteiger partial charge in [0.25, 0.3) is 0 Å². The van der Waals surface area contributed by atoms with Crippen LogP contribution >= 0.6 is 11.3 Å². The molecule has 31 heavy (non-hydrogen) atoms. The van der Waals surface area contributed by atoms with Gasteiger partial charge in [-0.1, -0.05) is 23.4 Å². The number of aromatic nitrogens is 3. The Morgan fingerprint density at radius 2 is 1.90 bits per heavy atom. The van der Waals surface area contributed by atoms with Crippen LogP contribution in [0.15, 0.2) is 69.7 Å². The molecule has 1 aromatic carbocycles. The minimum absolute atomic E-state index is 0.338. The van der Waals surface area contributed by atoms with Gasteiger partial charge in [0.05, 0.1) is 33.1 Å². The second-order valence-corrected chi connectivity index (χ2v) is 10.6. The van der Waals surface area contributed by atoms with Crippen molar-refractivity contribution in [1.29, 1.82) is 0 Å². The Labute approximate surface area is 184 Å². The van der Waals surface area contributed by atoms with E-state index in [0.717, 1.165) is 29.1 Å². The summed E-state index contributed by atoms with van der Waals surface area (Å²) in [4.78, 5) is 10.3. The molecule has 5 rings (SSSR count). The lowest BCUT2D eigenvalue weighted by atomic mass is 10.1. The molecule has 3 aromatic heterocycles. The molecule has 0 saturated carbocycles. The van der Waals surface area contributed by atoms with Crippen LogP contribution in [-0.2, 0) is 9.84 Å². The van der Waals surface area contributed by atoms with Gasteiger partial charge >= 0.3 is 0 Å². The number of piperidine rings is 1. The zero-order valence-electron chi connectivity index (χ0n) is 16.6.